The predicted molar refractivity (Wildman–Crippen MR) is 95.0 cm³/mol. The molecule has 6 nitrogen and oxygen atoms in total. The van der Waals surface area contributed by atoms with Gasteiger partial charge in [0, 0.05) is 31.8 Å². The number of esters is 1. The molecule has 1 atom stereocenters. The maximum absolute atomic E-state index is 11.2. The third-order valence-corrected chi connectivity index (χ3v) is 4.47. The normalized spacial score (nSPS) is 17.0. The second-order valence-corrected chi connectivity index (χ2v) is 6.37. The van der Waals surface area contributed by atoms with Crippen LogP contribution >= 0.6 is 0 Å². The van der Waals surface area contributed by atoms with Crippen molar-refractivity contribution in [1.82, 2.24) is 14.9 Å². The number of rotatable bonds is 7. The van der Waals surface area contributed by atoms with Crippen LogP contribution in [0.1, 0.15) is 24.1 Å². The van der Waals surface area contributed by atoms with E-state index in [0.717, 1.165) is 42.2 Å². The Hall–Kier alpha value is -2.18. The number of nitrogens with one attached hydrogen (secondary N) is 1. The number of nitrogens with zero attached hydrogens (tertiary/aromatic N) is 2. The highest BCUT2D eigenvalue weighted by Gasteiger charge is 2.16. The number of hydrogen-bond acceptors (Lipinski definition) is 5. The number of hydrogen-bond donors (Lipinski definition) is 1. The fourth-order valence-corrected chi connectivity index (χ4v) is 3.01. The molecule has 3 rings (SSSR count). The quantitative estimate of drug-likeness (QED) is 0.780. The molecule has 0 spiro atoms. The minimum Gasteiger partial charge on any atom is -0.469 e. The molecule has 2 heterocycles. The summed E-state index contributed by atoms with van der Waals surface area (Å²) in [7, 11) is 3.41. The van der Waals surface area contributed by atoms with E-state index in [9.17, 15) is 4.79 Å². The van der Waals surface area contributed by atoms with Crippen LogP contribution in [0.3, 0.4) is 0 Å². The van der Waals surface area contributed by atoms with Gasteiger partial charge in [0.05, 0.1) is 25.5 Å². The van der Waals surface area contributed by atoms with Crippen molar-refractivity contribution >= 4 is 5.97 Å². The number of benzene rings is 1. The lowest BCUT2D eigenvalue weighted by Crippen LogP contribution is -2.16. The van der Waals surface area contributed by atoms with Gasteiger partial charge < -0.3 is 19.4 Å². The van der Waals surface area contributed by atoms with Gasteiger partial charge in [0.15, 0.2) is 0 Å². The molecule has 1 aliphatic rings. The van der Waals surface area contributed by atoms with Crippen LogP contribution in [0, 0.1) is 0 Å². The van der Waals surface area contributed by atoms with Crippen molar-refractivity contribution in [3.63, 3.8) is 0 Å². The minimum atomic E-state index is -0.185. The van der Waals surface area contributed by atoms with Crippen molar-refractivity contribution in [2.75, 3.05) is 20.2 Å². The Morgan fingerprint density at radius 3 is 2.84 bits per heavy atom. The lowest BCUT2D eigenvalue weighted by Gasteiger charge is -2.08. The van der Waals surface area contributed by atoms with Crippen molar-refractivity contribution in [1.29, 1.82) is 0 Å². The molecule has 6 heteroatoms. The first-order valence-corrected chi connectivity index (χ1v) is 8.66. The van der Waals surface area contributed by atoms with Gasteiger partial charge in [0.2, 0.25) is 0 Å². The predicted octanol–water partition coefficient (Wildman–Crippen LogP) is 2.07. The van der Waals surface area contributed by atoms with E-state index in [1.165, 1.54) is 7.11 Å². The average Bonchev–Trinajstić information content (AvgIpc) is 3.28. The van der Waals surface area contributed by atoms with Crippen molar-refractivity contribution in [3.8, 4) is 11.4 Å². The fraction of sp³-hybridized carbons (Fsp3) is 0.474. The van der Waals surface area contributed by atoms with Gasteiger partial charge in [-0.2, -0.15) is 0 Å². The summed E-state index contributed by atoms with van der Waals surface area (Å²) in [6.45, 7) is 2.49. The van der Waals surface area contributed by atoms with Crippen LogP contribution in [0.4, 0.5) is 0 Å². The van der Waals surface area contributed by atoms with Crippen LogP contribution in [0.5, 0.6) is 0 Å². The Labute approximate surface area is 148 Å². The van der Waals surface area contributed by atoms with Crippen LogP contribution in [0.25, 0.3) is 11.4 Å². The molecule has 1 fully saturated rings. The SMILES string of the molecule is COC(=O)CCc1ccc(-c2nc(COC3CCNC3)cn2C)cc1. The first kappa shape index (κ1) is 17.6. The van der Waals surface area contributed by atoms with E-state index >= 15 is 0 Å². The van der Waals surface area contributed by atoms with Gasteiger partial charge in [-0.25, -0.2) is 4.98 Å². The summed E-state index contributed by atoms with van der Waals surface area (Å²) in [5.74, 6) is 0.734. The molecule has 0 saturated carbocycles. The molecule has 1 unspecified atom stereocenters. The third kappa shape index (κ3) is 4.67. The summed E-state index contributed by atoms with van der Waals surface area (Å²) >= 11 is 0. The molecule has 25 heavy (non-hydrogen) atoms. The van der Waals surface area contributed by atoms with E-state index in [1.54, 1.807) is 0 Å². The zero-order chi connectivity index (χ0) is 17.6. The van der Waals surface area contributed by atoms with Crippen LogP contribution in [0.2, 0.25) is 0 Å². The Kier molecular flexibility index (Phi) is 5.83. The van der Waals surface area contributed by atoms with E-state index in [2.05, 4.69) is 10.1 Å². The molecular weight excluding hydrogens is 318 g/mol. The number of ether oxygens (including phenoxy) is 2. The molecule has 0 bridgehead atoms. The Balaban J connectivity index is 1.61. The molecule has 1 aromatic heterocycles. The Bertz CT molecular complexity index is 703. The fourth-order valence-electron chi connectivity index (χ4n) is 3.01. The number of imidazole rings is 1. The molecular formula is C19H25N3O3. The van der Waals surface area contributed by atoms with E-state index in [1.807, 2.05) is 42.1 Å². The first-order chi connectivity index (χ1) is 12.2. The molecule has 0 radical (unpaired) electrons. The van der Waals surface area contributed by atoms with Gasteiger partial charge >= 0.3 is 5.97 Å². The van der Waals surface area contributed by atoms with Crippen LogP contribution in [-0.4, -0.2) is 41.8 Å². The van der Waals surface area contributed by atoms with E-state index in [4.69, 9.17) is 9.72 Å². The van der Waals surface area contributed by atoms with Gasteiger partial charge in [-0.05, 0) is 24.9 Å². The number of aryl methyl sites for hydroxylation is 2. The summed E-state index contributed by atoms with van der Waals surface area (Å²) in [4.78, 5) is 15.9. The van der Waals surface area contributed by atoms with Gasteiger partial charge in [-0.15, -0.1) is 0 Å². The zero-order valence-electron chi connectivity index (χ0n) is 14.8. The van der Waals surface area contributed by atoms with Crippen molar-refractivity contribution in [3.05, 3.63) is 41.7 Å². The largest absolute Gasteiger partial charge is 0.469 e. The first-order valence-electron chi connectivity index (χ1n) is 8.66. The highest BCUT2D eigenvalue weighted by Crippen LogP contribution is 2.20. The smallest absolute Gasteiger partial charge is 0.305 e. The van der Waals surface area contributed by atoms with Crippen molar-refractivity contribution < 1.29 is 14.3 Å². The molecule has 0 amide bonds. The summed E-state index contributed by atoms with van der Waals surface area (Å²) < 4.78 is 12.6. The van der Waals surface area contributed by atoms with Crippen LogP contribution in [-0.2, 0) is 34.3 Å². The monoisotopic (exact) mass is 343 g/mol. The third-order valence-electron chi connectivity index (χ3n) is 4.47. The highest BCUT2D eigenvalue weighted by atomic mass is 16.5. The summed E-state index contributed by atoms with van der Waals surface area (Å²) in [6, 6.07) is 8.15. The topological polar surface area (TPSA) is 65.4 Å². The summed E-state index contributed by atoms with van der Waals surface area (Å²) in [5.41, 5.74) is 3.11. The van der Waals surface area contributed by atoms with Gasteiger partial charge in [0.25, 0.3) is 0 Å². The lowest BCUT2D eigenvalue weighted by atomic mass is 10.1. The van der Waals surface area contributed by atoms with Crippen LogP contribution in [0.15, 0.2) is 30.5 Å². The van der Waals surface area contributed by atoms with E-state index in [0.29, 0.717) is 25.6 Å². The van der Waals surface area contributed by atoms with E-state index in [-0.39, 0.29) is 5.97 Å². The molecule has 1 saturated heterocycles. The number of carbonyl (C=O) groups excluding carboxylic acids is 1. The lowest BCUT2D eigenvalue weighted by molar-refractivity contribution is -0.140. The molecule has 2 aromatic rings. The maximum atomic E-state index is 11.2. The average molecular weight is 343 g/mol. The standard InChI is InChI=1S/C19H25N3O3/c1-22-12-16(13-25-17-9-10-20-11-17)21-19(22)15-6-3-14(4-7-15)5-8-18(23)24-2/h3-4,6-7,12,17,20H,5,8-11,13H2,1-2H3. The number of aromatic nitrogens is 2. The molecule has 1 N–H and O–H groups in total. The summed E-state index contributed by atoms with van der Waals surface area (Å²) in [5, 5.41) is 3.30. The maximum Gasteiger partial charge on any atom is 0.305 e. The zero-order valence-corrected chi connectivity index (χ0v) is 14.8. The minimum absolute atomic E-state index is 0.185. The van der Waals surface area contributed by atoms with Gasteiger partial charge in [0.1, 0.15) is 5.82 Å². The number of carbonyl (C=O) groups is 1. The van der Waals surface area contributed by atoms with Gasteiger partial charge in [-0.3, -0.25) is 4.79 Å². The number of methoxy groups -OCH3 is 1. The Morgan fingerprint density at radius 1 is 1.36 bits per heavy atom. The van der Waals surface area contributed by atoms with Crippen molar-refractivity contribution in [2.24, 2.45) is 7.05 Å². The Morgan fingerprint density at radius 2 is 2.16 bits per heavy atom. The molecule has 1 aliphatic heterocycles. The second-order valence-electron chi connectivity index (χ2n) is 6.37. The molecule has 134 valence electrons. The summed E-state index contributed by atoms with van der Waals surface area (Å²) in [6.07, 6.45) is 4.45. The van der Waals surface area contributed by atoms with Gasteiger partial charge in [-0.1, -0.05) is 24.3 Å². The second kappa shape index (κ2) is 8.27. The molecule has 0 aliphatic carbocycles. The highest BCUT2D eigenvalue weighted by molar-refractivity contribution is 5.69. The van der Waals surface area contributed by atoms with Crippen molar-refractivity contribution in [2.45, 2.75) is 32.0 Å². The van der Waals surface area contributed by atoms with E-state index < -0.39 is 0 Å². The molecule has 1 aromatic carbocycles. The van der Waals surface area contributed by atoms with Crippen LogP contribution < -0.4 is 5.32 Å².